The molecule has 0 fully saturated rings. The molecule has 7 nitrogen and oxygen atoms in total. The summed E-state index contributed by atoms with van der Waals surface area (Å²) in [5, 5.41) is 11.4. The Labute approximate surface area is 122 Å². The predicted octanol–water partition coefficient (Wildman–Crippen LogP) is 1.33. The van der Waals surface area contributed by atoms with Gasteiger partial charge in [-0.15, -0.1) is 5.10 Å². The summed E-state index contributed by atoms with van der Waals surface area (Å²) >= 11 is 0. The Bertz CT molecular complexity index is 903. The van der Waals surface area contributed by atoms with Gasteiger partial charge in [-0.3, -0.25) is 4.79 Å². The SMILES string of the molecule is Cn1nnnc1-c1cn(C)c2cc(OC(F)F)ccc2c1=O. The van der Waals surface area contributed by atoms with Crippen LogP contribution in [-0.4, -0.2) is 31.4 Å². The molecule has 2 heterocycles. The van der Waals surface area contributed by atoms with Crippen LogP contribution in [0.4, 0.5) is 8.78 Å². The summed E-state index contributed by atoms with van der Waals surface area (Å²) in [4.78, 5) is 12.6. The molecule has 0 aliphatic heterocycles. The van der Waals surface area contributed by atoms with Crippen LogP contribution in [0.5, 0.6) is 5.75 Å². The number of ether oxygens (including phenoxy) is 1. The third-order valence-corrected chi connectivity index (χ3v) is 3.25. The molecule has 0 saturated heterocycles. The minimum atomic E-state index is -2.92. The molecule has 9 heteroatoms. The first-order valence-corrected chi connectivity index (χ1v) is 6.28. The third-order valence-electron chi connectivity index (χ3n) is 3.25. The molecule has 114 valence electrons. The Balaban J connectivity index is 2.23. The molecule has 3 rings (SSSR count). The molecule has 0 N–H and O–H groups in total. The van der Waals surface area contributed by atoms with E-state index in [1.54, 1.807) is 24.9 Å². The van der Waals surface area contributed by atoms with Gasteiger partial charge in [0.25, 0.3) is 0 Å². The lowest BCUT2D eigenvalue weighted by Gasteiger charge is -2.10. The number of tetrazole rings is 1. The monoisotopic (exact) mass is 307 g/mol. The van der Waals surface area contributed by atoms with Gasteiger partial charge >= 0.3 is 6.61 Å². The van der Waals surface area contributed by atoms with Gasteiger partial charge in [-0.1, -0.05) is 0 Å². The highest BCUT2D eigenvalue weighted by atomic mass is 19.3. The first-order chi connectivity index (χ1) is 10.5. The smallest absolute Gasteiger partial charge is 0.387 e. The summed E-state index contributed by atoms with van der Waals surface area (Å²) < 4.78 is 31.9. The van der Waals surface area contributed by atoms with Crippen molar-refractivity contribution in [1.29, 1.82) is 0 Å². The van der Waals surface area contributed by atoms with Crippen LogP contribution in [0.2, 0.25) is 0 Å². The number of hydrogen-bond acceptors (Lipinski definition) is 5. The molecule has 0 aliphatic rings. The van der Waals surface area contributed by atoms with Crippen LogP contribution in [0.1, 0.15) is 0 Å². The average molecular weight is 307 g/mol. The molecule has 0 bridgehead atoms. The normalized spacial score (nSPS) is 11.3. The number of hydrogen-bond donors (Lipinski definition) is 0. The number of nitrogens with zero attached hydrogens (tertiary/aromatic N) is 5. The van der Waals surface area contributed by atoms with Crippen LogP contribution < -0.4 is 10.2 Å². The Kier molecular flexibility index (Phi) is 3.32. The highest BCUT2D eigenvalue weighted by molar-refractivity contribution is 5.84. The molecule has 0 atom stereocenters. The van der Waals surface area contributed by atoms with E-state index in [2.05, 4.69) is 20.3 Å². The lowest BCUT2D eigenvalue weighted by Crippen LogP contribution is -2.13. The van der Waals surface area contributed by atoms with Crippen molar-refractivity contribution in [1.82, 2.24) is 24.8 Å². The molecular weight excluding hydrogens is 296 g/mol. The minimum Gasteiger partial charge on any atom is -0.435 e. The Hall–Kier alpha value is -2.84. The van der Waals surface area contributed by atoms with E-state index >= 15 is 0 Å². The lowest BCUT2D eigenvalue weighted by molar-refractivity contribution is -0.0497. The maximum absolute atomic E-state index is 12.6. The molecular formula is C13H11F2N5O2. The number of aromatic nitrogens is 5. The zero-order valence-corrected chi connectivity index (χ0v) is 11.7. The summed E-state index contributed by atoms with van der Waals surface area (Å²) in [6.45, 7) is -2.92. The standard InChI is InChI=1S/C13H11F2N5O2/c1-19-6-9(12-16-17-18-20(12)2)11(21)8-4-3-7(5-10(8)19)22-13(14)15/h3-6,13H,1-2H3. The second kappa shape index (κ2) is 5.17. The number of aryl methyl sites for hydroxylation is 2. The van der Waals surface area contributed by atoms with Crippen molar-refractivity contribution in [2.75, 3.05) is 0 Å². The van der Waals surface area contributed by atoms with Crippen LogP contribution in [0.25, 0.3) is 22.3 Å². The van der Waals surface area contributed by atoms with E-state index in [0.29, 0.717) is 22.3 Å². The van der Waals surface area contributed by atoms with Gasteiger partial charge in [0.2, 0.25) is 0 Å². The maximum atomic E-state index is 12.6. The molecule has 3 aromatic rings. The van der Waals surface area contributed by atoms with E-state index in [0.717, 1.165) is 0 Å². The molecule has 2 aromatic heterocycles. The zero-order chi connectivity index (χ0) is 15.9. The van der Waals surface area contributed by atoms with Crippen LogP contribution >= 0.6 is 0 Å². The number of fused-ring (bicyclic) bond motifs is 1. The minimum absolute atomic E-state index is 0.00873. The predicted molar refractivity (Wildman–Crippen MR) is 73.6 cm³/mol. The van der Waals surface area contributed by atoms with Crippen LogP contribution in [0.15, 0.2) is 29.2 Å². The quantitative estimate of drug-likeness (QED) is 0.730. The van der Waals surface area contributed by atoms with Crippen LogP contribution in [-0.2, 0) is 14.1 Å². The summed E-state index contributed by atoms with van der Waals surface area (Å²) in [6.07, 6.45) is 1.56. The molecule has 22 heavy (non-hydrogen) atoms. The Morgan fingerprint density at radius 1 is 1.27 bits per heavy atom. The van der Waals surface area contributed by atoms with Gasteiger partial charge in [-0.2, -0.15) is 8.78 Å². The van der Waals surface area contributed by atoms with Crippen molar-refractivity contribution in [2.24, 2.45) is 14.1 Å². The first kappa shape index (κ1) is 14.1. The van der Waals surface area contributed by atoms with E-state index in [9.17, 15) is 13.6 Å². The van der Waals surface area contributed by atoms with Gasteiger partial charge in [0.15, 0.2) is 11.3 Å². The van der Waals surface area contributed by atoms with Gasteiger partial charge in [-0.25, -0.2) is 4.68 Å². The van der Waals surface area contributed by atoms with Crippen molar-refractivity contribution >= 4 is 10.9 Å². The highest BCUT2D eigenvalue weighted by Crippen LogP contribution is 2.22. The summed E-state index contributed by atoms with van der Waals surface area (Å²) in [5.74, 6) is 0.320. The number of rotatable bonds is 3. The van der Waals surface area contributed by atoms with Gasteiger partial charge in [0.05, 0.1) is 11.1 Å². The Morgan fingerprint density at radius 3 is 2.68 bits per heavy atom. The second-order valence-electron chi connectivity index (χ2n) is 4.67. The molecule has 0 amide bonds. The van der Waals surface area contributed by atoms with E-state index in [1.165, 1.54) is 22.9 Å². The van der Waals surface area contributed by atoms with Crippen LogP contribution in [0, 0.1) is 0 Å². The van der Waals surface area contributed by atoms with Crippen molar-refractivity contribution in [2.45, 2.75) is 6.61 Å². The fraction of sp³-hybridized carbons (Fsp3) is 0.231. The first-order valence-electron chi connectivity index (χ1n) is 6.28. The molecule has 0 spiro atoms. The number of alkyl halides is 2. The van der Waals surface area contributed by atoms with Crippen molar-refractivity contribution in [3.63, 3.8) is 0 Å². The van der Waals surface area contributed by atoms with E-state index in [-0.39, 0.29) is 11.2 Å². The van der Waals surface area contributed by atoms with Crippen molar-refractivity contribution in [3.8, 4) is 17.1 Å². The largest absolute Gasteiger partial charge is 0.435 e. The summed E-state index contributed by atoms with van der Waals surface area (Å²) in [7, 11) is 3.32. The number of halogens is 2. The Morgan fingerprint density at radius 2 is 2.05 bits per heavy atom. The van der Waals surface area contributed by atoms with Gasteiger partial charge in [0.1, 0.15) is 5.75 Å². The highest BCUT2D eigenvalue weighted by Gasteiger charge is 2.15. The van der Waals surface area contributed by atoms with E-state index in [4.69, 9.17) is 0 Å². The van der Waals surface area contributed by atoms with Gasteiger partial charge < -0.3 is 9.30 Å². The number of pyridine rings is 1. The topological polar surface area (TPSA) is 74.8 Å². The molecule has 0 unspecified atom stereocenters. The number of benzene rings is 1. The summed E-state index contributed by atoms with van der Waals surface area (Å²) in [5.41, 5.74) is 0.515. The van der Waals surface area contributed by atoms with Gasteiger partial charge in [-0.05, 0) is 22.6 Å². The third kappa shape index (κ3) is 2.30. The van der Waals surface area contributed by atoms with Crippen molar-refractivity contribution in [3.05, 3.63) is 34.6 Å². The fourth-order valence-electron chi connectivity index (χ4n) is 2.26. The lowest BCUT2D eigenvalue weighted by atomic mass is 10.1. The van der Waals surface area contributed by atoms with Gasteiger partial charge in [0, 0.05) is 31.7 Å². The summed E-state index contributed by atoms with van der Waals surface area (Å²) in [6, 6.07) is 4.17. The second-order valence-corrected chi connectivity index (χ2v) is 4.67. The maximum Gasteiger partial charge on any atom is 0.387 e. The fourth-order valence-corrected chi connectivity index (χ4v) is 2.26. The van der Waals surface area contributed by atoms with E-state index in [1.807, 2.05) is 0 Å². The van der Waals surface area contributed by atoms with Crippen molar-refractivity contribution < 1.29 is 13.5 Å². The zero-order valence-electron chi connectivity index (χ0n) is 11.7. The average Bonchev–Trinajstić information content (AvgIpc) is 2.88. The molecule has 1 aromatic carbocycles. The molecule has 0 radical (unpaired) electrons. The van der Waals surface area contributed by atoms with E-state index < -0.39 is 6.61 Å². The molecule has 0 saturated carbocycles. The molecule has 0 aliphatic carbocycles. The van der Waals surface area contributed by atoms with Crippen LogP contribution in [0.3, 0.4) is 0 Å².